The lowest BCUT2D eigenvalue weighted by molar-refractivity contribution is 0.780. The summed E-state index contributed by atoms with van der Waals surface area (Å²) in [5.41, 5.74) is 0.952. The van der Waals surface area contributed by atoms with Gasteiger partial charge in [0.05, 0.1) is 24.6 Å². The van der Waals surface area contributed by atoms with Crippen LogP contribution in [0.25, 0.3) is 0 Å². The van der Waals surface area contributed by atoms with E-state index in [2.05, 4.69) is 47.6 Å². The first-order valence-electron chi connectivity index (χ1n) is 5.58. The molecule has 0 aliphatic carbocycles. The van der Waals surface area contributed by atoms with Crippen molar-refractivity contribution in [2.75, 3.05) is 19.0 Å². The van der Waals surface area contributed by atoms with Crippen LogP contribution in [0.1, 0.15) is 10.6 Å². The van der Waals surface area contributed by atoms with E-state index in [1.807, 2.05) is 26.5 Å². The lowest BCUT2D eigenvalue weighted by atomic mass is 10.4. The minimum Gasteiger partial charge on any atom is -0.353 e. The fourth-order valence-electron chi connectivity index (χ4n) is 1.57. The quantitative estimate of drug-likeness (QED) is 0.917. The summed E-state index contributed by atoms with van der Waals surface area (Å²) in [5.74, 6) is 0.888. The molecule has 2 heterocycles. The Bertz CT molecular complexity index is 497. The van der Waals surface area contributed by atoms with Crippen LogP contribution in [0.15, 0.2) is 28.3 Å². The van der Waals surface area contributed by atoms with Crippen LogP contribution in [-0.2, 0) is 13.1 Å². The molecule has 2 rings (SSSR count). The Morgan fingerprint density at radius 2 is 2.22 bits per heavy atom. The van der Waals surface area contributed by atoms with Crippen molar-refractivity contribution in [3.05, 3.63) is 38.9 Å². The SMILES string of the molecule is CNCc1cnc(N(C)Cc2cc(Br)cs2)cn1. The first-order chi connectivity index (χ1) is 8.69. The maximum absolute atomic E-state index is 4.42. The maximum atomic E-state index is 4.42. The highest BCUT2D eigenvalue weighted by atomic mass is 79.9. The Labute approximate surface area is 119 Å². The number of hydrogen-bond acceptors (Lipinski definition) is 5. The van der Waals surface area contributed by atoms with Gasteiger partial charge in [-0.1, -0.05) is 0 Å². The molecule has 0 aliphatic rings. The maximum Gasteiger partial charge on any atom is 0.147 e. The Balaban J connectivity index is 2.02. The van der Waals surface area contributed by atoms with E-state index < -0.39 is 0 Å². The molecule has 0 unspecified atom stereocenters. The predicted molar refractivity (Wildman–Crippen MR) is 78.9 cm³/mol. The van der Waals surface area contributed by atoms with Crippen LogP contribution in [0.3, 0.4) is 0 Å². The van der Waals surface area contributed by atoms with E-state index in [0.29, 0.717) is 0 Å². The monoisotopic (exact) mass is 326 g/mol. The Kier molecular flexibility index (Phi) is 4.68. The highest BCUT2D eigenvalue weighted by Crippen LogP contribution is 2.22. The first-order valence-corrected chi connectivity index (χ1v) is 7.26. The average molecular weight is 327 g/mol. The molecule has 4 nitrogen and oxygen atoms in total. The number of nitrogens with one attached hydrogen (secondary N) is 1. The minimum absolute atomic E-state index is 0.745. The highest BCUT2D eigenvalue weighted by Gasteiger charge is 2.06. The van der Waals surface area contributed by atoms with E-state index in [1.165, 1.54) is 4.88 Å². The van der Waals surface area contributed by atoms with E-state index in [9.17, 15) is 0 Å². The molecule has 96 valence electrons. The molecule has 0 fully saturated rings. The summed E-state index contributed by atoms with van der Waals surface area (Å²) in [6.07, 6.45) is 3.63. The van der Waals surface area contributed by atoms with Gasteiger partial charge >= 0.3 is 0 Å². The molecule has 1 N–H and O–H groups in total. The Hall–Kier alpha value is -0.980. The van der Waals surface area contributed by atoms with Crippen LogP contribution >= 0.6 is 27.3 Å². The number of nitrogens with zero attached hydrogens (tertiary/aromatic N) is 3. The summed E-state index contributed by atoms with van der Waals surface area (Å²) in [4.78, 5) is 12.2. The molecular formula is C12H15BrN4S. The van der Waals surface area contributed by atoms with Gasteiger partial charge in [-0.3, -0.25) is 4.98 Å². The zero-order chi connectivity index (χ0) is 13.0. The second kappa shape index (κ2) is 6.26. The molecule has 0 saturated heterocycles. The van der Waals surface area contributed by atoms with Crippen molar-refractivity contribution in [1.82, 2.24) is 15.3 Å². The second-order valence-electron chi connectivity index (χ2n) is 3.98. The molecule has 0 spiro atoms. The van der Waals surface area contributed by atoms with Crippen LogP contribution in [0.5, 0.6) is 0 Å². The van der Waals surface area contributed by atoms with Crippen molar-refractivity contribution in [1.29, 1.82) is 0 Å². The molecule has 2 aromatic heterocycles. The standard InChI is InChI=1S/C12H15BrN4S/c1-14-4-10-5-16-12(6-15-10)17(2)7-11-3-9(13)8-18-11/h3,5-6,8,14H,4,7H2,1-2H3. The lowest BCUT2D eigenvalue weighted by Crippen LogP contribution is -2.17. The molecule has 0 aliphatic heterocycles. The van der Waals surface area contributed by atoms with Crippen LogP contribution in [0, 0.1) is 0 Å². The average Bonchev–Trinajstić information content (AvgIpc) is 2.76. The fourth-order valence-corrected chi connectivity index (χ4v) is 3.07. The molecule has 0 saturated carbocycles. The summed E-state index contributed by atoms with van der Waals surface area (Å²) >= 11 is 5.20. The normalized spacial score (nSPS) is 10.6. The van der Waals surface area contributed by atoms with E-state index in [1.54, 1.807) is 11.3 Å². The summed E-state index contributed by atoms with van der Waals surface area (Å²) in [5, 5.41) is 5.14. The number of anilines is 1. The molecule has 0 bridgehead atoms. The molecule has 0 aromatic carbocycles. The van der Waals surface area contributed by atoms with Crippen molar-refractivity contribution >= 4 is 33.1 Å². The van der Waals surface area contributed by atoms with Gasteiger partial charge in [0.1, 0.15) is 5.82 Å². The summed E-state index contributed by atoms with van der Waals surface area (Å²) < 4.78 is 1.13. The van der Waals surface area contributed by atoms with Gasteiger partial charge in [0.15, 0.2) is 0 Å². The molecule has 6 heteroatoms. The van der Waals surface area contributed by atoms with Gasteiger partial charge in [0.2, 0.25) is 0 Å². The molecule has 0 amide bonds. The van der Waals surface area contributed by atoms with Gasteiger partial charge in [-0.2, -0.15) is 0 Å². The van der Waals surface area contributed by atoms with Crippen molar-refractivity contribution < 1.29 is 0 Å². The van der Waals surface area contributed by atoms with Gasteiger partial charge in [-0.15, -0.1) is 11.3 Å². The van der Waals surface area contributed by atoms with E-state index in [0.717, 1.165) is 29.1 Å². The third kappa shape index (κ3) is 3.51. The zero-order valence-electron chi connectivity index (χ0n) is 10.4. The lowest BCUT2D eigenvalue weighted by Gasteiger charge is -2.16. The number of halogens is 1. The van der Waals surface area contributed by atoms with Crippen LogP contribution in [0.4, 0.5) is 5.82 Å². The molecular weight excluding hydrogens is 312 g/mol. The Morgan fingerprint density at radius 3 is 2.78 bits per heavy atom. The largest absolute Gasteiger partial charge is 0.353 e. The molecule has 2 aromatic rings. The number of aromatic nitrogens is 2. The molecule has 18 heavy (non-hydrogen) atoms. The van der Waals surface area contributed by atoms with Gasteiger partial charge in [-0.25, -0.2) is 4.98 Å². The topological polar surface area (TPSA) is 41.1 Å². The van der Waals surface area contributed by atoms with Gasteiger partial charge < -0.3 is 10.2 Å². The van der Waals surface area contributed by atoms with Crippen molar-refractivity contribution in [3.8, 4) is 0 Å². The number of thiophene rings is 1. The number of rotatable bonds is 5. The number of hydrogen-bond donors (Lipinski definition) is 1. The fraction of sp³-hybridized carbons (Fsp3) is 0.333. The summed E-state index contributed by atoms with van der Waals surface area (Å²) in [7, 11) is 3.92. The third-order valence-electron chi connectivity index (χ3n) is 2.46. The van der Waals surface area contributed by atoms with Crippen molar-refractivity contribution in [3.63, 3.8) is 0 Å². The highest BCUT2D eigenvalue weighted by molar-refractivity contribution is 9.10. The minimum atomic E-state index is 0.745. The predicted octanol–water partition coefficient (Wildman–Crippen LogP) is 2.66. The van der Waals surface area contributed by atoms with Crippen LogP contribution in [-0.4, -0.2) is 24.1 Å². The second-order valence-corrected chi connectivity index (χ2v) is 5.90. The molecule has 0 radical (unpaired) electrons. The van der Waals surface area contributed by atoms with Crippen LogP contribution in [0.2, 0.25) is 0 Å². The van der Waals surface area contributed by atoms with E-state index >= 15 is 0 Å². The van der Waals surface area contributed by atoms with E-state index in [-0.39, 0.29) is 0 Å². The van der Waals surface area contributed by atoms with Crippen molar-refractivity contribution in [2.24, 2.45) is 0 Å². The van der Waals surface area contributed by atoms with E-state index in [4.69, 9.17) is 0 Å². The van der Waals surface area contributed by atoms with Gasteiger partial charge in [-0.05, 0) is 29.0 Å². The molecule has 0 atom stereocenters. The smallest absolute Gasteiger partial charge is 0.147 e. The van der Waals surface area contributed by atoms with Gasteiger partial charge in [0.25, 0.3) is 0 Å². The third-order valence-corrected chi connectivity index (χ3v) is 4.14. The Morgan fingerprint density at radius 1 is 1.39 bits per heavy atom. The van der Waals surface area contributed by atoms with Crippen molar-refractivity contribution in [2.45, 2.75) is 13.1 Å². The summed E-state index contributed by atoms with van der Waals surface area (Å²) in [6, 6.07) is 2.13. The van der Waals surface area contributed by atoms with Crippen LogP contribution < -0.4 is 10.2 Å². The summed E-state index contributed by atoms with van der Waals surface area (Å²) in [6.45, 7) is 1.59. The zero-order valence-corrected chi connectivity index (χ0v) is 12.8. The first kappa shape index (κ1) is 13.5. The van der Waals surface area contributed by atoms with Gasteiger partial charge in [0, 0.05) is 28.3 Å².